The van der Waals surface area contributed by atoms with E-state index in [-0.39, 0.29) is 11.9 Å². The Labute approximate surface area is 128 Å². The first-order valence-corrected chi connectivity index (χ1v) is 8.21. The van der Waals surface area contributed by atoms with Gasteiger partial charge in [0.25, 0.3) is 0 Å². The van der Waals surface area contributed by atoms with Crippen LogP contribution < -0.4 is 10.6 Å². The zero-order valence-corrected chi connectivity index (χ0v) is 13.5. The number of carbonyl (C=O) groups excluding carboxylic acids is 1. The molecule has 1 amide bonds. The van der Waals surface area contributed by atoms with Gasteiger partial charge in [-0.1, -0.05) is 44.9 Å². The first-order valence-electron chi connectivity index (χ1n) is 8.21. The van der Waals surface area contributed by atoms with Crippen molar-refractivity contribution in [1.82, 2.24) is 5.32 Å². The molecular formula is C18H28N2O. The number of amides is 1. The van der Waals surface area contributed by atoms with Crippen molar-refractivity contribution in [3.05, 3.63) is 29.8 Å². The van der Waals surface area contributed by atoms with E-state index in [1.54, 1.807) is 0 Å². The van der Waals surface area contributed by atoms with Gasteiger partial charge in [-0.05, 0) is 43.7 Å². The van der Waals surface area contributed by atoms with Crippen LogP contribution in [0.1, 0.15) is 52.0 Å². The summed E-state index contributed by atoms with van der Waals surface area (Å²) in [6.07, 6.45) is 5.44. The lowest BCUT2D eigenvalue weighted by molar-refractivity contribution is -0.118. The fourth-order valence-corrected chi connectivity index (χ4v) is 2.93. The average Bonchev–Trinajstić information content (AvgIpc) is 2.58. The largest absolute Gasteiger partial charge is 0.324 e. The summed E-state index contributed by atoms with van der Waals surface area (Å²) in [6.45, 7) is 6.70. The standard InChI is InChI=1S/C18H28N2O/c1-13(2)7-6-8-14(3)19-17-12-11-15-9-4-5-10-16(15)20-18(17)21/h4-5,9-10,13-14,17,19H,6-8,11-12H2,1-3H3,(H,20,21). The highest BCUT2D eigenvalue weighted by atomic mass is 16.2. The van der Waals surface area contributed by atoms with Gasteiger partial charge in [0, 0.05) is 11.7 Å². The van der Waals surface area contributed by atoms with Crippen LogP contribution in [0, 0.1) is 5.92 Å². The van der Waals surface area contributed by atoms with E-state index in [0.717, 1.165) is 30.9 Å². The van der Waals surface area contributed by atoms with Gasteiger partial charge in [-0.3, -0.25) is 4.79 Å². The molecule has 1 aliphatic rings. The highest BCUT2D eigenvalue weighted by molar-refractivity contribution is 5.96. The molecule has 1 aliphatic heterocycles. The third-order valence-electron chi connectivity index (χ3n) is 4.20. The van der Waals surface area contributed by atoms with Crippen molar-refractivity contribution in [3.63, 3.8) is 0 Å². The first kappa shape index (κ1) is 16.0. The molecule has 2 N–H and O–H groups in total. The monoisotopic (exact) mass is 288 g/mol. The van der Waals surface area contributed by atoms with Crippen molar-refractivity contribution < 1.29 is 4.79 Å². The Morgan fingerprint density at radius 2 is 2.00 bits per heavy atom. The quantitative estimate of drug-likeness (QED) is 0.837. The summed E-state index contributed by atoms with van der Waals surface area (Å²) in [5, 5.41) is 6.56. The number of fused-ring (bicyclic) bond motifs is 1. The van der Waals surface area contributed by atoms with Crippen LogP contribution in [-0.2, 0) is 11.2 Å². The van der Waals surface area contributed by atoms with Crippen LogP contribution in [0.15, 0.2) is 24.3 Å². The van der Waals surface area contributed by atoms with E-state index in [9.17, 15) is 4.79 Å². The summed E-state index contributed by atoms with van der Waals surface area (Å²) in [5.74, 6) is 0.864. The second kappa shape index (κ2) is 7.60. The summed E-state index contributed by atoms with van der Waals surface area (Å²) in [7, 11) is 0. The summed E-state index contributed by atoms with van der Waals surface area (Å²) in [6, 6.07) is 8.41. The minimum atomic E-state index is -0.0774. The molecule has 0 bridgehead atoms. The summed E-state index contributed by atoms with van der Waals surface area (Å²) < 4.78 is 0. The zero-order valence-electron chi connectivity index (χ0n) is 13.5. The van der Waals surface area contributed by atoms with E-state index in [1.165, 1.54) is 18.4 Å². The lowest BCUT2D eigenvalue weighted by atomic mass is 10.0. The average molecular weight is 288 g/mol. The molecule has 3 heteroatoms. The summed E-state index contributed by atoms with van der Waals surface area (Å²) >= 11 is 0. The number of hydrogen-bond acceptors (Lipinski definition) is 2. The van der Waals surface area contributed by atoms with Crippen molar-refractivity contribution in [2.24, 2.45) is 5.92 Å². The minimum absolute atomic E-state index is 0.0774. The van der Waals surface area contributed by atoms with Gasteiger partial charge in [-0.2, -0.15) is 0 Å². The molecule has 0 aromatic heterocycles. The maximum atomic E-state index is 12.3. The Balaban J connectivity index is 1.86. The summed E-state index contributed by atoms with van der Waals surface area (Å²) in [4.78, 5) is 12.3. The van der Waals surface area contributed by atoms with Gasteiger partial charge in [-0.15, -0.1) is 0 Å². The van der Waals surface area contributed by atoms with Crippen molar-refractivity contribution in [2.45, 2.75) is 65.0 Å². The van der Waals surface area contributed by atoms with Gasteiger partial charge < -0.3 is 10.6 Å². The van der Waals surface area contributed by atoms with Gasteiger partial charge in [0.2, 0.25) is 5.91 Å². The van der Waals surface area contributed by atoms with Crippen molar-refractivity contribution in [3.8, 4) is 0 Å². The number of anilines is 1. The lowest BCUT2D eigenvalue weighted by Crippen LogP contribution is -2.44. The molecule has 0 saturated heterocycles. The number of aryl methyl sites for hydroxylation is 1. The highest BCUT2D eigenvalue weighted by Crippen LogP contribution is 2.22. The van der Waals surface area contributed by atoms with E-state index < -0.39 is 0 Å². The van der Waals surface area contributed by atoms with Crippen LogP contribution in [0.3, 0.4) is 0 Å². The van der Waals surface area contributed by atoms with Gasteiger partial charge in [-0.25, -0.2) is 0 Å². The molecule has 1 aromatic carbocycles. The van der Waals surface area contributed by atoms with Gasteiger partial charge in [0.15, 0.2) is 0 Å². The van der Waals surface area contributed by atoms with E-state index >= 15 is 0 Å². The molecule has 2 unspecified atom stereocenters. The number of nitrogens with one attached hydrogen (secondary N) is 2. The molecule has 3 nitrogen and oxygen atoms in total. The summed E-state index contributed by atoms with van der Waals surface area (Å²) in [5.41, 5.74) is 2.21. The number of carbonyl (C=O) groups is 1. The van der Waals surface area contributed by atoms with E-state index in [4.69, 9.17) is 0 Å². The number of benzene rings is 1. The van der Waals surface area contributed by atoms with Gasteiger partial charge in [0.05, 0.1) is 6.04 Å². The first-order chi connectivity index (χ1) is 10.1. The normalized spacial score (nSPS) is 19.8. The van der Waals surface area contributed by atoms with E-state index in [2.05, 4.69) is 37.5 Å². The van der Waals surface area contributed by atoms with E-state index in [1.807, 2.05) is 18.2 Å². The number of hydrogen-bond donors (Lipinski definition) is 2. The van der Waals surface area contributed by atoms with Crippen LogP contribution >= 0.6 is 0 Å². The van der Waals surface area contributed by atoms with Crippen LogP contribution in [0.25, 0.3) is 0 Å². The molecular weight excluding hydrogens is 260 g/mol. The van der Waals surface area contributed by atoms with Crippen molar-refractivity contribution in [2.75, 3.05) is 5.32 Å². The Morgan fingerprint density at radius 3 is 2.76 bits per heavy atom. The lowest BCUT2D eigenvalue weighted by Gasteiger charge is -2.21. The second-order valence-electron chi connectivity index (χ2n) is 6.63. The topological polar surface area (TPSA) is 41.1 Å². The third kappa shape index (κ3) is 4.85. The molecule has 1 aromatic rings. The van der Waals surface area contributed by atoms with Crippen LogP contribution in [0.4, 0.5) is 5.69 Å². The Morgan fingerprint density at radius 1 is 1.24 bits per heavy atom. The molecule has 0 saturated carbocycles. The van der Waals surface area contributed by atoms with Crippen LogP contribution in [-0.4, -0.2) is 18.0 Å². The number of rotatable bonds is 6. The molecule has 0 fully saturated rings. The van der Waals surface area contributed by atoms with Crippen molar-refractivity contribution in [1.29, 1.82) is 0 Å². The van der Waals surface area contributed by atoms with E-state index in [0.29, 0.717) is 6.04 Å². The predicted molar refractivity (Wildman–Crippen MR) is 88.5 cm³/mol. The molecule has 21 heavy (non-hydrogen) atoms. The molecule has 116 valence electrons. The fourth-order valence-electron chi connectivity index (χ4n) is 2.93. The molecule has 0 spiro atoms. The van der Waals surface area contributed by atoms with Crippen LogP contribution in [0.2, 0.25) is 0 Å². The predicted octanol–water partition coefficient (Wildman–Crippen LogP) is 3.74. The number of para-hydroxylation sites is 1. The Hall–Kier alpha value is -1.35. The minimum Gasteiger partial charge on any atom is -0.324 e. The highest BCUT2D eigenvalue weighted by Gasteiger charge is 2.24. The zero-order chi connectivity index (χ0) is 15.2. The molecule has 0 radical (unpaired) electrons. The maximum absolute atomic E-state index is 12.3. The molecule has 1 heterocycles. The Bertz CT molecular complexity index is 470. The van der Waals surface area contributed by atoms with Crippen LogP contribution in [0.5, 0.6) is 0 Å². The van der Waals surface area contributed by atoms with Crippen molar-refractivity contribution >= 4 is 11.6 Å². The van der Waals surface area contributed by atoms with Gasteiger partial charge >= 0.3 is 0 Å². The molecule has 2 atom stereocenters. The maximum Gasteiger partial charge on any atom is 0.241 e. The third-order valence-corrected chi connectivity index (χ3v) is 4.20. The molecule has 2 rings (SSSR count). The SMILES string of the molecule is CC(C)CCCC(C)NC1CCc2ccccc2NC1=O. The smallest absolute Gasteiger partial charge is 0.241 e. The molecule has 0 aliphatic carbocycles. The van der Waals surface area contributed by atoms with Gasteiger partial charge in [0.1, 0.15) is 0 Å². The Kier molecular flexibility index (Phi) is 5.80. The fraction of sp³-hybridized carbons (Fsp3) is 0.611. The second-order valence-corrected chi connectivity index (χ2v) is 6.63.